The van der Waals surface area contributed by atoms with E-state index in [1.807, 2.05) is 0 Å². The Morgan fingerprint density at radius 3 is 2.58 bits per heavy atom. The van der Waals surface area contributed by atoms with E-state index in [1.54, 1.807) is 25.3 Å². The molecule has 2 fully saturated rings. The highest BCUT2D eigenvalue weighted by Gasteiger charge is 2.36. The highest BCUT2D eigenvalue weighted by Crippen LogP contribution is 2.36. The maximum absolute atomic E-state index is 10.6. The van der Waals surface area contributed by atoms with E-state index in [2.05, 4.69) is 17.1 Å². The van der Waals surface area contributed by atoms with Gasteiger partial charge < -0.3 is 19.7 Å². The summed E-state index contributed by atoms with van der Waals surface area (Å²) in [6.45, 7) is 7.17. The summed E-state index contributed by atoms with van der Waals surface area (Å²) in [6, 6.07) is 3.59. The molecular weight excluding hydrogens is 417 g/mol. The third-order valence-electron chi connectivity index (χ3n) is 5.20. The predicted molar refractivity (Wildman–Crippen MR) is 107 cm³/mol. The maximum Gasteiger partial charge on any atom is 0.194 e. The second-order valence-electron chi connectivity index (χ2n) is 7.13. The van der Waals surface area contributed by atoms with Crippen LogP contribution in [0.25, 0.3) is 0 Å². The summed E-state index contributed by atoms with van der Waals surface area (Å²) in [4.78, 5) is 7.08. The maximum atomic E-state index is 10.6. The normalized spacial score (nSPS) is 26.5. The largest absolute Gasteiger partial charge is 0.466 e. The Kier molecular flexibility index (Phi) is 6.98. The van der Waals surface area contributed by atoms with Crippen molar-refractivity contribution >= 4 is 29.9 Å². The van der Waals surface area contributed by atoms with Crippen molar-refractivity contribution in [1.82, 2.24) is 10.2 Å². The van der Waals surface area contributed by atoms with Gasteiger partial charge in [-0.1, -0.05) is 12.8 Å². The number of hydrogen-bond acceptors (Lipinski definition) is 3. The number of hydrogen-bond donors (Lipinski definition) is 2. The lowest BCUT2D eigenvalue weighted by Gasteiger charge is -2.24. The molecule has 1 aliphatic heterocycles. The van der Waals surface area contributed by atoms with Gasteiger partial charge in [-0.2, -0.15) is 0 Å². The molecule has 1 aromatic heterocycles. The van der Waals surface area contributed by atoms with E-state index < -0.39 is 5.60 Å². The van der Waals surface area contributed by atoms with Crippen LogP contribution in [0.1, 0.15) is 45.3 Å². The number of guanidine groups is 1. The average molecular weight is 447 g/mol. The van der Waals surface area contributed by atoms with Crippen molar-refractivity contribution in [2.75, 3.05) is 26.2 Å². The highest BCUT2D eigenvalue weighted by molar-refractivity contribution is 14.0. The van der Waals surface area contributed by atoms with Crippen LogP contribution < -0.4 is 5.32 Å². The highest BCUT2D eigenvalue weighted by atomic mass is 127. The number of likely N-dealkylation sites (tertiary alicyclic amines) is 1. The van der Waals surface area contributed by atoms with Gasteiger partial charge in [-0.3, -0.25) is 0 Å². The molecule has 3 unspecified atom stereocenters. The van der Waals surface area contributed by atoms with Crippen molar-refractivity contribution in [2.24, 2.45) is 16.8 Å². The fourth-order valence-corrected chi connectivity index (χ4v) is 3.90. The van der Waals surface area contributed by atoms with Crippen molar-refractivity contribution in [2.45, 2.75) is 45.1 Å². The number of nitrogens with zero attached hydrogens (tertiary/aromatic N) is 2. The molecule has 0 spiro atoms. The Morgan fingerprint density at radius 1 is 1.38 bits per heavy atom. The molecule has 0 aromatic carbocycles. The molecule has 1 aliphatic carbocycles. The number of rotatable bonds is 4. The summed E-state index contributed by atoms with van der Waals surface area (Å²) in [5.74, 6) is 3.12. The zero-order chi connectivity index (χ0) is 16.3. The van der Waals surface area contributed by atoms with E-state index in [4.69, 9.17) is 9.41 Å². The Hall–Kier alpha value is -0.760. The first kappa shape index (κ1) is 19.6. The van der Waals surface area contributed by atoms with Gasteiger partial charge in [-0.15, -0.1) is 24.0 Å². The van der Waals surface area contributed by atoms with Crippen molar-refractivity contribution in [3.05, 3.63) is 24.2 Å². The number of aliphatic hydroxyl groups is 1. The van der Waals surface area contributed by atoms with Gasteiger partial charge in [0, 0.05) is 19.6 Å². The zero-order valence-electron chi connectivity index (χ0n) is 14.7. The van der Waals surface area contributed by atoms with E-state index in [1.165, 1.54) is 25.7 Å². The minimum atomic E-state index is -1.07. The molecule has 3 atom stereocenters. The summed E-state index contributed by atoms with van der Waals surface area (Å²) in [6.07, 6.45) is 7.03. The van der Waals surface area contributed by atoms with Gasteiger partial charge in [-0.05, 0) is 50.7 Å². The molecular formula is C18H30IN3O2. The number of fused-ring (bicyclic) bond motifs is 1. The van der Waals surface area contributed by atoms with Crippen LogP contribution in [-0.2, 0) is 5.60 Å². The monoisotopic (exact) mass is 447 g/mol. The van der Waals surface area contributed by atoms with Crippen molar-refractivity contribution < 1.29 is 9.52 Å². The van der Waals surface area contributed by atoms with Crippen molar-refractivity contribution in [3.63, 3.8) is 0 Å². The molecule has 3 rings (SSSR count). The van der Waals surface area contributed by atoms with Crippen LogP contribution >= 0.6 is 24.0 Å². The molecule has 0 amide bonds. The second-order valence-corrected chi connectivity index (χ2v) is 7.13. The zero-order valence-corrected chi connectivity index (χ0v) is 17.0. The van der Waals surface area contributed by atoms with E-state index in [0.717, 1.165) is 37.4 Å². The van der Waals surface area contributed by atoms with Gasteiger partial charge in [0.1, 0.15) is 11.4 Å². The third kappa shape index (κ3) is 4.45. The standard InChI is InChI=1S/C18H29N3O2.HI/c1-3-19-17(20-13-18(2,22)16-9-6-10-23-16)21-11-14-7-4-5-8-15(14)12-21;/h6,9-10,14-15,22H,3-5,7-8,11-13H2,1-2H3,(H,19,20);1H. The van der Waals surface area contributed by atoms with Gasteiger partial charge in [0.15, 0.2) is 5.96 Å². The number of halogens is 1. The van der Waals surface area contributed by atoms with Crippen LogP contribution in [0.15, 0.2) is 27.8 Å². The van der Waals surface area contributed by atoms with Gasteiger partial charge in [-0.25, -0.2) is 4.99 Å². The van der Waals surface area contributed by atoms with Crippen LogP contribution in [0.3, 0.4) is 0 Å². The average Bonchev–Trinajstić information content (AvgIpc) is 3.20. The van der Waals surface area contributed by atoms with E-state index in [0.29, 0.717) is 12.3 Å². The molecule has 1 saturated heterocycles. The van der Waals surface area contributed by atoms with E-state index >= 15 is 0 Å². The van der Waals surface area contributed by atoms with Crippen LogP contribution in [0.4, 0.5) is 0 Å². The van der Waals surface area contributed by atoms with Gasteiger partial charge in [0.05, 0.1) is 12.8 Å². The summed E-state index contributed by atoms with van der Waals surface area (Å²) in [5, 5.41) is 14.0. The SMILES string of the molecule is CCNC(=NCC(C)(O)c1ccco1)N1CC2CCCCC2C1.I. The smallest absolute Gasteiger partial charge is 0.194 e. The van der Waals surface area contributed by atoms with Crippen LogP contribution in [-0.4, -0.2) is 42.1 Å². The van der Waals surface area contributed by atoms with E-state index in [9.17, 15) is 5.11 Å². The summed E-state index contributed by atoms with van der Waals surface area (Å²) >= 11 is 0. The first-order valence-electron chi connectivity index (χ1n) is 8.90. The lowest BCUT2D eigenvalue weighted by molar-refractivity contribution is 0.0435. The topological polar surface area (TPSA) is 61.0 Å². The fraction of sp³-hybridized carbons (Fsp3) is 0.722. The van der Waals surface area contributed by atoms with Crippen LogP contribution in [0, 0.1) is 11.8 Å². The molecule has 2 heterocycles. The van der Waals surface area contributed by atoms with Gasteiger partial charge in [0.25, 0.3) is 0 Å². The summed E-state index contributed by atoms with van der Waals surface area (Å²) in [7, 11) is 0. The molecule has 2 aliphatic rings. The molecule has 5 nitrogen and oxygen atoms in total. The van der Waals surface area contributed by atoms with E-state index in [-0.39, 0.29) is 24.0 Å². The molecule has 136 valence electrons. The van der Waals surface area contributed by atoms with Gasteiger partial charge >= 0.3 is 0 Å². The Morgan fingerprint density at radius 2 is 2.04 bits per heavy atom. The Labute approximate surface area is 161 Å². The van der Waals surface area contributed by atoms with Crippen molar-refractivity contribution in [1.29, 1.82) is 0 Å². The molecule has 1 saturated carbocycles. The molecule has 2 N–H and O–H groups in total. The lowest BCUT2D eigenvalue weighted by atomic mass is 9.82. The lowest BCUT2D eigenvalue weighted by Crippen LogP contribution is -2.41. The van der Waals surface area contributed by atoms with Crippen molar-refractivity contribution in [3.8, 4) is 0 Å². The minimum absolute atomic E-state index is 0. The van der Waals surface area contributed by atoms with Crippen LogP contribution in [0.5, 0.6) is 0 Å². The number of nitrogens with one attached hydrogen (secondary N) is 1. The Bertz CT molecular complexity index is 516. The first-order valence-corrected chi connectivity index (χ1v) is 8.90. The number of furan rings is 1. The molecule has 1 aromatic rings. The molecule has 6 heteroatoms. The fourth-order valence-electron chi connectivity index (χ4n) is 3.90. The van der Waals surface area contributed by atoms with Gasteiger partial charge in [0.2, 0.25) is 0 Å². The Balaban J connectivity index is 0.00000208. The number of aliphatic imine (C=N–C) groups is 1. The summed E-state index contributed by atoms with van der Waals surface area (Å²) < 4.78 is 5.34. The predicted octanol–water partition coefficient (Wildman–Crippen LogP) is 3.19. The van der Waals surface area contributed by atoms with Crippen LogP contribution in [0.2, 0.25) is 0 Å². The minimum Gasteiger partial charge on any atom is -0.466 e. The summed E-state index contributed by atoms with van der Waals surface area (Å²) in [5.41, 5.74) is -1.07. The third-order valence-corrected chi connectivity index (χ3v) is 5.20. The second kappa shape index (κ2) is 8.56. The quantitative estimate of drug-likeness (QED) is 0.423. The molecule has 0 bridgehead atoms. The first-order chi connectivity index (χ1) is 11.1. The molecule has 24 heavy (non-hydrogen) atoms. The molecule has 0 radical (unpaired) electrons.